The summed E-state index contributed by atoms with van der Waals surface area (Å²) in [4.78, 5) is 213. The normalized spacial score (nSPS) is 29.2. The number of sulfonamides is 3. The number of hydrogen-bond acceptors (Lipinski definition) is 27. The van der Waals surface area contributed by atoms with Gasteiger partial charge in [-0.05, 0) is 221 Å². The molecule has 6 aliphatic carbocycles. The zero-order chi connectivity index (χ0) is 105. The van der Waals surface area contributed by atoms with E-state index >= 15 is 0 Å². The van der Waals surface area contributed by atoms with Crippen LogP contribution in [0.2, 0.25) is 0 Å². The van der Waals surface area contributed by atoms with E-state index in [0.717, 1.165) is 114 Å². The number of Topliss-reactive ketones (excluding diaryl/α,β-unsaturated/α-hetero) is 3. The summed E-state index contributed by atoms with van der Waals surface area (Å²) in [6, 6.07) is 11.9. The number of aryl methyl sites for hydroxylation is 3. The lowest BCUT2D eigenvalue weighted by Crippen LogP contribution is -2.54. The second-order valence-corrected chi connectivity index (χ2v) is 48.6. The molecule has 798 valence electrons. The predicted molar refractivity (Wildman–Crippen MR) is 532 cm³/mol. The van der Waals surface area contributed by atoms with Crippen molar-refractivity contribution >= 4 is 119 Å². The number of ether oxygens (including phenoxy) is 6. The molecule has 42 heteroatoms. The van der Waals surface area contributed by atoms with Crippen LogP contribution in [0.4, 0.5) is 28.8 Å². The number of benzene rings is 3. The van der Waals surface area contributed by atoms with Gasteiger partial charge in [0.2, 0.25) is 65.5 Å². The van der Waals surface area contributed by atoms with E-state index < -0.39 is 224 Å². The van der Waals surface area contributed by atoms with Crippen molar-refractivity contribution < 1.29 is 126 Å². The Morgan fingerprint density at radius 2 is 0.721 bits per heavy atom. The number of carbonyl (C=O) groups is 15. The molecule has 0 spiro atoms. The summed E-state index contributed by atoms with van der Waals surface area (Å²) in [5, 5.41) is 6.16. The molecule has 15 aliphatic rings. The molecule has 3 aromatic rings. The van der Waals surface area contributed by atoms with Crippen LogP contribution in [0.3, 0.4) is 0 Å². The molecule has 9 heterocycles. The van der Waals surface area contributed by atoms with Crippen LogP contribution in [0.15, 0.2) is 92.6 Å². The van der Waals surface area contributed by atoms with Crippen molar-refractivity contribution in [2.75, 3.05) is 39.5 Å². The number of alkyl carbamates (subject to hydrolysis) is 3. The zero-order valence-corrected chi connectivity index (χ0v) is 86.6. The first-order valence-corrected chi connectivity index (χ1v) is 56.9. The van der Waals surface area contributed by atoms with Gasteiger partial charge in [-0.15, -0.1) is 19.7 Å². The molecule has 0 unspecified atom stereocenters. The Kier molecular flexibility index (Phi) is 33.3. The number of unbranched alkanes of at least 4 members (excludes halogenated alkanes) is 1. The first kappa shape index (κ1) is 108. The number of rotatable bonds is 26. The van der Waals surface area contributed by atoms with E-state index in [-0.39, 0.29) is 110 Å². The number of allylic oxidation sites excluding steroid dienone is 3. The van der Waals surface area contributed by atoms with Crippen molar-refractivity contribution in [2.24, 2.45) is 39.9 Å². The summed E-state index contributed by atoms with van der Waals surface area (Å²) in [5.41, 5.74) is 6.00. The Hall–Kier alpha value is -11.8. The monoisotopic (exact) mass is 2090 g/mol. The molecule has 6 N–H and O–H groups in total. The van der Waals surface area contributed by atoms with E-state index in [4.69, 9.17) is 28.4 Å². The van der Waals surface area contributed by atoms with E-state index in [9.17, 15) is 97.2 Å². The second kappa shape index (κ2) is 45.3. The smallest absolute Gasteiger partial charge is 0.410 e. The van der Waals surface area contributed by atoms with Crippen molar-refractivity contribution in [3.63, 3.8) is 0 Å². The lowest BCUT2D eigenvalue weighted by atomic mass is 9.91. The molecule has 0 aromatic heterocycles. The molecule has 0 radical (unpaired) electrons. The fourth-order valence-corrected chi connectivity index (χ4v) is 26.5. The number of carbonyl (C=O) groups excluding carboxylic acids is 15. The fourth-order valence-electron chi connectivity index (χ4n) is 22.3. The summed E-state index contributed by atoms with van der Waals surface area (Å²) in [7, 11) is -11.6. The number of nitrogens with zero attached hydrogens (tertiary/aromatic N) is 6. The third-order valence-corrected chi connectivity index (χ3v) is 37.3. The largest absolute Gasteiger partial charge is 0.450 e. The van der Waals surface area contributed by atoms with Crippen LogP contribution in [-0.4, -0.2) is 254 Å². The minimum atomic E-state index is -3.85. The van der Waals surface area contributed by atoms with Gasteiger partial charge in [0.25, 0.3) is 0 Å². The number of amides is 12. The molecule has 15 atom stereocenters. The summed E-state index contributed by atoms with van der Waals surface area (Å²) in [6.07, 6.45) is 12.4. The highest BCUT2D eigenvalue weighted by atomic mass is 32.2. The van der Waals surface area contributed by atoms with Gasteiger partial charge in [-0.1, -0.05) is 113 Å². The van der Waals surface area contributed by atoms with E-state index in [1.165, 1.54) is 14.7 Å². The molecule has 12 amide bonds. The Morgan fingerprint density at radius 3 is 1.02 bits per heavy atom. The maximum Gasteiger partial charge on any atom is 0.410 e. The Balaban J connectivity index is 0.000000158. The third-order valence-electron chi connectivity index (χ3n) is 31.9. The van der Waals surface area contributed by atoms with E-state index in [1.807, 2.05) is 43.3 Å². The molecule has 9 aliphatic heterocycles. The molecule has 6 saturated carbocycles. The van der Waals surface area contributed by atoms with Crippen molar-refractivity contribution in [3.05, 3.63) is 143 Å². The van der Waals surface area contributed by atoms with Gasteiger partial charge in [0.1, 0.15) is 36.4 Å². The van der Waals surface area contributed by atoms with Crippen LogP contribution < -0.4 is 30.1 Å². The Bertz CT molecular complexity index is 6030. The van der Waals surface area contributed by atoms with Gasteiger partial charge in [0, 0.05) is 77.8 Å². The second-order valence-electron chi connectivity index (χ2n) is 42.7. The van der Waals surface area contributed by atoms with Crippen molar-refractivity contribution in [1.29, 1.82) is 0 Å². The molecule has 39 nitrogen and oxygen atoms in total. The van der Waals surface area contributed by atoms with E-state index in [0.29, 0.717) is 110 Å². The van der Waals surface area contributed by atoms with Gasteiger partial charge in [0.05, 0.1) is 89.6 Å². The molecule has 3 saturated heterocycles. The molecule has 12 bridgehead atoms. The highest BCUT2D eigenvalue weighted by Gasteiger charge is 2.65. The molecule has 3 aromatic carbocycles. The maximum atomic E-state index is 14.2. The highest BCUT2D eigenvalue weighted by molar-refractivity contribution is 7.91. The SMILES string of the molecule is C=C[C@@H]1C[C@]1(CC(=O)[C@@H]1C[C@@H]2CN1C(=O)[C@H](C(C)C)NC(=O)OCCCCCc1cccc3c1CN(C3)C(=O)O2)C(=O)NS(=O)(=O)C1CC1.C=C[C@@H]1C[C@]1(CC(=O)[C@@H]1C[C@@H]2CN1C(=O)[C@H](CC)NC(=O)OCCCCCc1cccc3c1CN(C3)C(=O)O2)C(=O)NS(=O)(=O)C1CC1.C=C[C@@H]1C[C@]1(CC(=O)[C@@H]1C[C@@H]2CN1C(=O)[C@H](CCCC)NC(=O)OCCCCCc1cccc3c1CN(C3)C(=O)O2)C(=O)NS(=O)(=O)C1CC1. The van der Waals surface area contributed by atoms with Crippen molar-refractivity contribution in [1.82, 2.24) is 59.5 Å². The molecular weight excluding hydrogens is 1960 g/mol. The summed E-state index contributed by atoms with van der Waals surface area (Å²) in [5.74, 6) is -6.79. The van der Waals surface area contributed by atoms with Crippen LogP contribution >= 0.6 is 0 Å². The first-order chi connectivity index (χ1) is 70.2. The van der Waals surface area contributed by atoms with Crippen LogP contribution in [0.25, 0.3) is 0 Å². The average molecular weight is 2100 g/mol. The average Bonchev–Trinajstić information content (AvgIpc) is 1.58. The Morgan fingerprint density at radius 1 is 0.415 bits per heavy atom. The maximum absolute atomic E-state index is 14.2. The third kappa shape index (κ3) is 24.8. The number of fused-ring (bicyclic) bond motifs is 9. The summed E-state index contributed by atoms with van der Waals surface area (Å²) in [6.45, 7) is 21.2. The van der Waals surface area contributed by atoms with Gasteiger partial charge in [-0.2, -0.15) is 0 Å². The van der Waals surface area contributed by atoms with Gasteiger partial charge in [-0.25, -0.2) is 54.0 Å². The minimum absolute atomic E-state index is 0.0000597. The van der Waals surface area contributed by atoms with Crippen molar-refractivity contribution in [2.45, 2.75) is 336 Å². The van der Waals surface area contributed by atoms with Crippen molar-refractivity contribution in [3.8, 4) is 0 Å². The van der Waals surface area contributed by atoms with Crippen LogP contribution in [0, 0.1) is 39.9 Å². The van der Waals surface area contributed by atoms with Gasteiger partial charge >= 0.3 is 36.6 Å². The number of nitrogens with one attached hydrogen (secondary N) is 6. The number of ketones is 3. The lowest BCUT2D eigenvalue weighted by Gasteiger charge is -2.30. The van der Waals surface area contributed by atoms with Gasteiger partial charge in [-0.3, -0.25) is 72.0 Å². The molecule has 9 fully saturated rings. The van der Waals surface area contributed by atoms with Gasteiger partial charge in [0.15, 0.2) is 17.3 Å². The summed E-state index contributed by atoms with van der Waals surface area (Å²) < 4.78 is 116. The topological polar surface area (TPSA) is 505 Å². The molecule has 147 heavy (non-hydrogen) atoms. The first-order valence-electron chi connectivity index (χ1n) is 52.2. The van der Waals surface area contributed by atoms with Crippen LogP contribution in [-0.2, 0) is 160 Å². The lowest BCUT2D eigenvalue weighted by molar-refractivity contribution is -0.141. The number of cyclic esters (lactones) is 3. The van der Waals surface area contributed by atoms with Crippen LogP contribution in [0.5, 0.6) is 0 Å². The zero-order valence-electron chi connectivity index (χ0n) is 84.1. The van der Waals surface area contributed by atoms with Crippen LogP contribution in [0.1, 0.15) is 258 Å². The molecular formula is C105H138N12O27S3. The fraction of sp³-hybridized carbons (Fsp3) is 0.629. The highest BCUT2D eigenvalue weighted by Crippen LogP contribution is 2.60. The predicted octanol–water partition coefficient (Wildman–Crippen LogP) is 10.3. The van der Waals surface area contributed by atoms with E-state index in [1.54, 1.807) is 53.7 Å². The molecule has 18 rings (SSSR count). The van der Waals surface area contributed by atoms with Gasteiger partial charge < -0.3 is 59.1 Å². The minimum Gasteiger partial charge on any atom is -0.450 e. The quantitative estimate of drug-likeness (QED) is 0.0321. The number of hydrogen-bond donors (Lipinski definition) is 6. The Labute approximate surface area is 857 Å². The summed E-state index contributed by atoms with van der Waals surface area (Å²) >= 11 is 0. The standard InChI is InChI=1S/C36H48N4O9S.C35H46N4O9S.C34H44N4O9S/c1-3-5-13-29-32(42)40-21-26(17-30(40)31(41)19-36(18-25(36)4-2)33(43)38-50(46,47)27-14-15-27)49-35(45)39-20-24-12-9-11-23(28(24)22-39)10-7-6-8-16-48-34(44)37-29;1-4-24-16-35(24,32(42)37-49(45,46)26-12-13-26)17-29(40)28-15-25-19-39(28)31(41)30(21(2)3)36-33(43)47-14-7-5-6-9-22-10-8-11-23-18-38(20-27(22)23)34(44)48-25;1-3-23-16-34(23,31(41)36-48(44,45)25-12-13-25)17-29(39)28-15-24-19-38(28)30(40)27(4-2)35-32(42)46-14-7-5-6-9-21-10-8-11-22-18-37(20-26(21)22)33(43)47-24/h4,9,11-12,25-27,29-30H,2-3,5-8,10,13-22H2,1H3,(H,37,44)(H,38,43);4,8,10-11,21,24-26,28,30H,1,5-7,9,12-20H2,2-3H3,(H,36,43)(H,37,42);3,8,10-11,23-25,27-28H,1,4-7,9,12-20H2,2H3,(H,35,42)(H,36,41)/t25-,26-,29+,30+,36-;24-,25-,28+,30+,35-;23-,24-,27+,28+,34-/m111/s1. The van der Waals surface area contributed by atoms with E-state index in [2.05, 4.69) is 68.1 Å².